The first kappa shape index (κ1) is 14.7. The second-order valence-corrected chi connectivity index (χ2v) is 5.73. The summed E-state index contributed by atoms with van der Waals surface area (Å²) in [6, 6.07) is 5.88. The van der Waals surface area contributed by atoms with Crippen molar-refractivity contribution in [2.24, 2.45) is 0 Å². The lowest BCUT2D eigenvalue weighted by Crippen LogP contribution is -2.29. The summed E-state index contributed by atoms with van der Waals surface area (Å²) in [5.74, 6) is 1.61. The zero-order valence-corrected chi connectivity index (χ0v) is 13.8. The highest BCUT2D eigenvalue weighted by molar-refractivity contribution is 5.69. The van der Waals surface area contributed by atoms with Gasteiger partial charge in [0.1, 0.15) is 6.61 Å². The number of anilines is 2. The minimum atomic E-state index is -0.118. The zero-order valence-electron chi connectivity index (χ0n) is 13.8. The van der Waals surface area contributed by atoms with E-state index in [1.165, 1.54) is 4.68 Å². The van der Waals surface area contributed by atoms with Gasteiger partial charge in [-0.2, -0.15) is 0 Å². The van der Waals surface area contributed by atoms with E-state index in [1.54, 1.807) is 10.6 Å². The topological polar surface area (TPSA) is 64.7 Å². The lowest BCUT2D eigenvalue weighted by Gasteiger charge is -2.30. The van der Waals surface area contributed by atoms with Crippen molar-refractivity contribution in [1.29, 1.82) is 0 Å². The molecule has 0 saturated carbocycles. The van der Waals surface area contributed by atoms with Crippen LogP contribution in [0, 0.1) is 0 Å². The van der Waals surface area contributed by atoms with Gasteiger partial charge in [0, 0.05) is 30.7 Å². The van der Waals surface area contributed by atoms with E-state index in [2.05, 4.69) is 21.9 Å². The highest BCUT2D eigenvalue weighted by atomic mass is 16.5. The zero-order chi connectivity index (χ0) is 16.7. The largest absolute Gasteiger partial charge is 0.488 e. The molecule has 0 amide bonds. The number of aromatic nitrogens is 4. The Morgan fingerprint density at radius 3 is 2.96 bits per heavy atom. The summed E-state index contributed by atoms with van der Waals surface area (Å²) in [7, 11) is 0. The molecule has 7 heteroatoms. The third-order valence-corrected chi connectivity index (χ3v) is 4.31. The molecule has 4 heterocycles. The molecule has 1 aliphatic rings. The van der Waals surface area contributed by atoms with E-state index in [9.17, 15) is 4.79 Å². The fourth-order valence-electron chi connectivity index (χ4n) is 2.96. The van der Waals surface area contributed by atoms with Crippen molar-refractivity contribution in [3.8, 4) is 5.75 Å². The summed E-state index contributed by atoms with van der Waals surface area (Å²) in [6.07, 6.45) is 4.57. The Labute approximate surface area is 139 Å². The standard InChI is InChI=1S/C17H19N5O2/c1-3-12-9-14-16(18-11-12)20(7-8-24-14)13-5-6-21-15(10-13)19-22(4-2)17(21)23/h5-6,9-11H,3-4,7-8H2,1-2H3. The lowest BCUT2D eigenvalue weighted by molar-refractivity contribution is 0.311. The maximum absolute atomic E-state index is 12.1. The van der Waals surface area contributed by atoms with E-state index in [0.717, 1.165) is 29.2 Å². The molecule has 0 aromatic carbocycles. The van der Waals surface area contributed by atoms with Gasteiger partial charge in [0.25, 0.3) is 0 Å². The van der Waals surface area contributed by atoms with Gasteiger partial charge < -0.3 is 9.64 Å². The molecule has 0 fully saturated rings. The van der Waals surface area contributed by atoms with Gasteiger partial charge in [-0.1, -0.05) is 6.92 Å². The van der Waals surface area contributed by atoms with Gasteiger partial charge in [-0.3, -0.25) is 4.40 Å². The van der Waals surface area contributed by atoms with E-state index in [4.69, 9.17) is 4.74 Å². The molecule has 24 heavy (non-hydrogen) atoms. The maximum atomic E-state index is 12.1. The molecule has 0 saturated heterocycles. The van der Waals surface area contributed by atoms with Crippen LogP contribution >= 0.6 is 0 Å². The maximum Gasteiger partial charge on any atom is 0.350 e. The van der Waals surface area contributed by atoms with Crippen LogP contribution in [0.3, 0.4) is 0 Å². The molecule has 0 atom stereocenters. The van der Waals surface area contributed by atoms with E-state index in [1.807, 2.05) is 31.3 Å². The highest BCUT2D eigenvalue weighted by Crippen LogP contribution is 2.35. The first-order chi connectivity index (χ1) is 11.7. The van der Waals surface area contributed by atoms with Gasteiger partial charge >= 0.3 is 5.69 Å². The van der Waals surface area contributed by atoms with Crippen LogP contribution in [0.2, 0.25) is 0 Å². The molecule has 0 bridgehead atoms. The monoisotopic (exact) mass is 325 g/mol. The van der Waals surface area contributed by atoms with Crippen LogP contribution < -0.4 is 15.3 Å². The van der Waals surface area contributed by atoms with Crippen molar-refractivity contribution in [2.45, 2.75) is 26.8 Å². The Morgan fingerprint density at radius 1 is 1.29 bits per heavy atom. The minimum absolute atomic E-state index is 0.118. The van der Waals surface area contributed by atoms with Gasteiger partial charge in [-0.05, 0) is 31.0 Å². The number of pyridine rings is 2. The molecule has 7 nitrogen and oxygen atoms in total. The number of hydrogen-bond acceptors (Lipinski definition) is 5. The Hall–Kier alpha value is -2.83. The Morgan fingerprint density at radius 2 is 2.17 bits per heavy atom. The van der Waals surface area contributed by atoms with E-state index >= 15 is 0 Å². The third kappa shape index (κ3) is 2.24. The molecule has 0 aliphatic carbocycles. The van der Waals surface area contributed by atoms with Crippen molar-refractivity contribution in [2.75, 3.05) is 18.1 Å². The minimum Gasteiger partial charge on any atom is -0.488 e. The second-order valence-electron chi connectivity index (χ2n) is 5.73. The highest BCUT2D eigenvalue weighted by Gasteiger charge is 2.22. The molecule has 3 aromatic heterocycles. The van der Waals surface area contributed by atoms with Crippen molar-refractivity contribution in [1.82, 2.24) is 19.2 Å². The molecule has 1 aliphatic heterocycles. The molecular formula is C17H19N5O2. The van der Waals surface area contributed by atoms with Gasteiger partial charge in [0.2, 0.25) is 0 Å². The second kappa shape index (κ2) is 5.67. The number of ether oxygens (including phenoxy) is 1. The normalized spacial score (nSPS) is 13.8. The average Bonchev–Trinajstić information content (AvgIpc) is 2.96. The Bertz CT molecular complexity index is 959. The van der Waals surface area contributed by atoms with Gasteiger partial charge in [-0.15, -0.1) is 5.10 Å². The van der Waals surface area contributed by atoms with Gasteiger partial charge in [-0.25, -0.2) is 14.5 Å². The summed E-state index contributed by atoms with van der Waals surface area (Å²) in [6.45, 7) is 5.86. The summed E-state index contributed by atoms with van der Waals surface area (Å²) in [5, 5.41) is 4.36. The number of fused-ring (bicyclic) bond motifs is 2. The fourth-order valence-corrected chi connectivity index (χ4v) is 2.96. The summed E-state index contributed by atoms with van der Waals surface area (Å²) in [4.78, 5) is 18.8. The molecule has 124 valence electrons. The predicted molar refractivity (Wildman–Crippen MR) is 91.2 cm³/mol. The van der Waals surface area contributed by atoms with Crippen molar-refractivity contribution >= 4 is 17.2 Å². The van der Waals surface area contributed by atoms with Crippen LogP contribution in [0.1, 0.15) is 19.4 Å². The van der Waals surface area contributed by atoms with Crippen LogP contribution in [0.4, 0.5) is 11.5 Å². The molecule has 3 aromatic rings. The third-order valence-electron chi connectivity index (χ3n) is 4.31. The number of hydrogen-bond donors (Lipinski definition) is 0. The van der Waals surface area contributed by atoms with E-state index in [-0.39, 0.29) is 5.69 Å². The molecule has 0 spiro atoms. The summed E-state index contributed by atoms with van der Waals surface area (Å²) >= 11 is 0. The van der Waals surface area contributed by atoms with Crippen molar-refractivity contribution in [3.05, 3.63) is 46.6 Å². The van der Waals surface area contributed by atoms with Crippen molar-refractivity contribution in [3.63, 3.8) is 0 Å². The first-order valence-corrected chi connectivity index (χ1v) is 8.19. The van der Waals surface area contributed by atoms with Crippen LogP contribution in [-0.4, -0.2) is 32.3 Å². The lowest BCUT2D eigenvalue weighted by atomic mass is 10.2. The number of nitrogens with zero attached hydrogens (tertiary/aromatic N) is 5. The first-order valence-electron chi connectivity index (χ1n) is 8.19. The molecule has 0 N–H and O–H groups in total. The summed E-state index contributed by atoms with van der Waals surface area (Å²) in [5.41, 5.74) is 2.63. The average molecular weight is 325 g/mol. The van der Waals surface area contributed by atoms with Crippen LogP contribution in [0.5, 0.6) is 5.75 Å². The van der Waals surface area contributed by atoms with Crippen molar-refractivity contribution < 1.29 is 4.74 Å². The van der Waals surface area contributed by atoms with Gasteiger partial charge in [0.15, 0.2) is 17.2 Å². The molecular weight excluding hydrogens is 306 g/mol. The van der Waals surface area contributed by atoms with Crippen LogP contribution in [-0.2, 0) is 13.0 Å². The number of aryl methyl sites for hydroxylation is 2. The molecule has 4 rings (SSSR count). The van der Waals surface area contributed by atoms with Crippen LogP contribution in [0.15, 0.2) is 35.4 Å². The number of rotatable bonds is 3. The fraction of sp³-hybridized carbons (Fsp3) is 0.353. The van der Waals surface area contributed by atoms with E-state index in [0.29, 0.717) is 25.3 Å². The molecule has 0 radical (unpaired) electrons. The Balaban J connectivity index is 1.80. The quantitative estimate of drug-likeness (QED) is 0.737. The van der Waals surface area contributed by atoms with Gasteiger partial charge in [0.05, 0.1) is 6.54 Å². The smallest absolute Gasteiger partial charge is 0.350 e. The van der Waals surface area contributed by atoms with E-state index < -0.39 is 0 Å². The molecule has 0 unspecified atom stereocenters. The Kier molecular flexibility index (Phi) is 3.48. The van der Waals surface area contributed by atoms with Crippen LogP contribution in [0.25, 0.3) is 5.65 Å². The summed E-state index contributed by atoms with van der Waals surface area (Å²) < 4.78 is 8.78. The predicted octanol–water partition coefficient (Wildman–Crippen LogP) is 2.00. The SMILES string of the molecule is CCc1cnc2c(c1)OCCN2c1ccn2c(=O)n(CC)nc2c1.